The maximum absolute atomic E-state index is 8.80. The summed E-state index contributed by atoms with van der Waals surface area (Å²) in [7, 11) is 0. The van der Waals surface area contributed by atoms with Crippen LogP contribution in [-0.4, -0.2) is 21.5 Å². The zero-order valence-electron chi connectivity index (χ0n) is 9.54. The van der Waals surface area contributed by atoms with Crippen molar-refractivity contribution < 1.29 is 5.11 Å². The van der Waals surface area contributed by atoms with Gasteiger partial charge in [-0.05, 0) is 46.1 Å². The molecule has 0 aliphatic carbocycles. The van der Waals surface area contributed by atoms with E-state index in [2.05, 4.69) is 30.6 Å². The molecule has 0 amide bonds. The number of hydrogen-bond acceptors (Lipinski definition) is 2. The smallest absolute Gasteiger partial charge is 0.0628 e. The second-order valence-corrected chi connectivity index (χ2v) is 4.01. The lowest BCUT2D eigenvalue weighted by atomic mass is 10.1. The average Bonchev–Trinajstić information content (AvgIpc) is 2.40. The van der Waals surface area contributed by atoms with Crippen molar-refractivity contribution in [2.75, 3.05) is 6.61 Å². The van der Waals surface area contributed by atoms with Crippen LogP contribution in [0.3, 0.4) is 0 Å². The summed E-state index contributed by atoms with van der Waals surface area (Å²) in [6.07, 6.45) is 1.76. The molecule has 0 atom stereocenters. The summed E-state index contributed by atoms with van der Waals surface area (Å²) in [6.45, 7) is 8.67. The molecule has 0 aromatic carbocycles. The number of aromatic nitrogens is 2. The number of nitrogens with zero attached hydrogens (tertiary/aromatic N) is 2. The standard InChI is InChI=1S/C11H20N2O/c1-8(2)13-10(4)11(6-5-7-14)9(3)12-13/h8,14H,5-7H2,1-4H3. The van der Waals surface area contributed by atoms with Crippen LogP contribution in [0.15, 0.2) is 0 Å². The van der Waals surface area contributed by atoms with Crippen molar-refractivity contribution in [1.82, 2.24) is 9.78 Å². The quantitative estimate of drug-likeness (QED) is 0.800. The molecule has 0 radical (unpaired) electrons. The largest absolute Gasteiger partial charge is 0.396 e. The fourth-order valence-electron chi connectivity index (χ4n) is 1.82. The molecule has 0 aliphatic heterocycles. The van der Waals surface area contributed by atoms with Gasteiger partial charge in [-0.1, -0.05) is 0 Å². The molecule has 0 fully saturated rings. The van der Waals surface area contributed by atoms with E-state index in [1.807, 2.05) is 6.92 Å². The fraction of sp³-hybridized carbons (Fsp3) is 0.727. The van der Waals surface area contributed by atoms with Gasteiger partial charge in [0.25, 0.3) is 0 Å². The molecule has 14 heavy (non-hydrogen) atoms. The topological polar surface area (TPSA) is 38.0 Å². The predicted molar refractivity (Wildman–Crippen MR) is 57.5 cm³/mol. The molecule has 1 rings (SSSR count). The summed E-state index contributed by atoms with van der Waals surface area (Å²) in [5.41, 5.74) is 3.64. The molecule has 0 spiro atoms. The Labute approximate surface area is 85.8 Å². The second-order valence-electron chi connectivity index (χ2n) is 4.01. The van der Waals surface area contributed by atoms with Crippen molar-refractivity contribution in [3.63, 3.8) is 0 Å². The lowest BCUT2D eigenvalue weighted by molar-refractivity contribution is 0.288. The van der Waals surface area contributed by atoms with Crippen LogP contribution in [0.25, 0.3) is 0 Å². The molecule has 1 N–H and O–H groups in total. The summed E-state index contributed by atoms with van der Waals surface area (Å²) in [5, 5.41) is 13.3. The van der Waals surface area contributed by atoms with Gasteiger partial charge in [0.1, 0.15) is 0 Å². The van der Waals surface area contributed by atoms with E-state index in [-0.39, 0.29) is 6.61 Å². The van der Waals surface area contributed by atoms with E-state index >= 15 is 0 Å². The predicted octanol–water partition coefficient (Wildman–Crippen LogP) is 2.01. The highest BCUT2D eigenvalue weighted by Gasteiger charge is 2.12. The second kappa shape index (κ2) is 4.60. The first kappa shape index (κ1) is 11.2. The first-order valence-electron chi connectivity index (χ1n) is 5.23. The van der Waals surface area contributed by atoms with E-state index in [4.69, 9.17) is 5.11 Å². The molecule has 0 bridgehead atoms. The van der Waals surface area contributed by atoms with E-state index in [0.717, 1.165) is 18.5 Å². The molecule has 1 heterocycles. The Morgan fingerprint density at radius 2 is 2.00 bits per heavy atom. The molecule has 1 aromatic rings. The molecule has 80 valence electrons. The fourth-order valence-corrected chi connectivity index (χ4v) is 1.82. The summed E-state index contributed by atoms with van der Waals surface area (Å²) in [5.74, 6) is 0. The number of aryl methyl sites for hydroxylation is 1. The molecular formula is C11H20N2O. The van der Waals surface area contributed by atoms with Crippen LogP contribution in [0.1, 0.15) is 43.3 Å². The first-order valence-corrected chi connectivity index (χ1v) is 5.23. The van der Waals surface area contributed by atoms with Crippen LogP contribution in [0.4, 0.5) is 0 Å². The molecule has 0 aliphatic rings. The Hall–Kier alpha value is -0.830. The zero-order valence-corrected chi connectivity index (χ0v) is 9.54. The Morgan fingerprint density at radius 1 is 1.36 bits per heavy atom. The van der Waals surface area contributed by atoms with E-state index < -0.39 is 0 Å². The van der Waals surface area contributed by atoms with Gasteiger partial charge >= 0.3 is 0 Å². The number of aliphatic hydroxyl groups excluding tert-OH is 1. The van der Waals surface area contributed by atoms with Gasteiger partial charge < -0.3 is 5.11 Å². The van der Waals surface area contributed by atoms with Gasteiger partial charge in [0.05, 0.1) is 5.69 Å². The lowest BCUT2D eigenvalue weighted by Gasteiger charge is -2.08. The van der Waals surface area contributed by atoms with Crippen LogP contribution in [0.5, 0.6) is 0 Å². The van der Waals surface area contributed by atoms with E-state index in [0.29, 0.717) is 6.04 Å². The van der Waals surface area contributed by atoms with Crippen LogP contribution in [-0.2, 0) is 6.42 Å². The van der Waals surface area contributed by atoms with Gasteiger partial charge in [-0.15, -0.1) is 0 Å². The van der Waals surface area contributed by atoms with Gasteiger partial charge in [0.2, 0.25) is 0 Å². The third kappa shape index (κ3) is 2.15. The molecule has 3 heteroatoms. The minimum Gasteiger partial charge on any atom is -0.396 e. The van der Waals surface area contributed by atoms with E-state index in [1.54, 1.807) is 0 Å². The van der Waals surface area contributed by atoms with Gasteiger partial charge in [0, 0.05) is 18.3 Å². The Morgan fingerprint density at radius 3 is 2.43 bits per heavy atom. The molecule has 3 nitrogen and oxygen atoms in total. The minimum atomic E-state index is 0.256. The Kier molecular flexibility index (Phi) is 3.69. The lowest BCUT2D eigenvalue weighted by Crippen LogP contribution is -2.05. The maximum atomic E-state index is 8.80. The van der Waals surface area contributed by atoms with Crippen LogP contribution < -0.4 is 0 Å². The van der Waals surface area contributed by atoms with E-state index in [9.17, 15) is 0 Å². The van der Waals surface area contributed by atoms with Gasteiger partial charge in [-0.25, -0.2) is 0 Å². The normalized spacial score (nSPS) is 11.3. The molecule has 1 aromatic heterocycles. The van der Waals surface area contributed by atoms with Crippen LogP contribution in [0.2, 0.25) is 0 Å². The van der Waals surface area contributed by atoms with Gasteiger partial charge in [-0.2, -0.15) is 5.10 Å². The number of rotatable bonds is 4. The number of hydrogen-bond donors (Lipinski definition) is 1. The Bertz CT molecular complexity index is 302. The maximum Gasteiger partial charge on any atom is 0.0628 e. The van der Waals surface area contributed by atoms with Gasteiger partial charge in [-0.3, -0.25) is 4.68 Å². The van der Waals surface area contributed by atoms with Crippen LogP contribution >= 0.6 is 0 Å². The highest BCUT2D eigenvalue weighted by Crippen LogP contribution is 2.18. The SMILES string of the molecule is Cc1nn(C(C)C)c(C)c1CCCO. The number of aliphatic hydroxyl groups is 1. The van der Waals surface area contributed by atoms with Crippen molar-refractivity contribution in [3.05, 3.63) is 17.0 Å². The Balaban J connectivity index is 2.93. The summed E-state index contributed by atoms with van der Waals surface area (Å²) < 4.78 is 2.06. The summed E-state index contributed by atoms with van der Waals surface area (Å²) >= 11 is 0. The summed E-state index contributed by atoms with van der Waals surface area (Å²) in [6, 6.07) is 0.413. The molecule has 0 saturated heterocycles. The molecular weight excluding hydrogens is 176 g/mol. The highest BCUT2D eigenvalue weighted by atomic mass is 16.2. The monoisotopic (exact) mass is 196 g/mol. The highest BCUT2D eigenvalue weighted by molar-refractivity contribution is 5.24. The average molecular weight is 196 g/mol. The zero-order chi connectivity index (χ0) is 10.7. The molecule has 0 unspecified atom stereocenters. The summed E-state index contributed by atoms with van der Waals surface area (Å²) in [4.78, 5) is 0. The van der Waals surface area contributed by atoms with E-state index in [1.165, 1.54) is 11.3 Å². The van der Waals surface area contributed by atoms with Crippen molar-refractivity contribution in [2.24, 2.45) is 0 Å². The van der Waals surface area contributed by atoms with Crippen LogP contribution in [0, 0.1) is 13.8 Å². The van der Waals surface area contributed by atoms with Crippen molar-refractivity contribution >= 4 is 0 Å². The van der Waals surface area contributed by atoms with Gasteiger partial charge in [0.15, 0.2) is 0 Å². The third-order valence-corrected chi connectivity index (χ3v) is 2.55. The molecule has 0 saturated carbocycles. The van der Waals surface area contributed by atoms with Crippen molar-refractivity contribution in [2.45, 2.75) is 46.6 Å². The first-order chi connectivity index (χ1) is 6.57. The van der Waals surface area contributed by atoms with Crippen molar-refractivity contribution in [3.8, 4) is 0 Å². The van der Waals surface area contributed by atoms with Crippen molar-refractivity contribution in [1.29, 1.82) is 0 Å². The third-order valence-electron chi connectivity index (χ3n) is 2.55. The minimum absolute atomic E-state index is 0.256.